The van der Waals surface area contributed by atoms with Crippen LogP contribution in [-0.4, -0.2) is 0 Å². The largest absolute Gasteiger partial charge is 0.487 e. The highest BCUT2D eigenvalue weighted by Gasteiger charge is 2.07. The molecular formula is C14H13Cl2NO. The molecule has 0 atom stereocenters. The summed E-state index contributed by atoms with van der Waals surface area (Å²) < 4.78 is 5.64. The predicted molar refractivity (Wildman–Crippen MR) is 76.4 cm³/mol. The van der Waals surface area contributed by atoms with Crippen molar-refractivity contribution in [3.63, 3.8) is 0 Å². The van der Waals surface area contributed by atoms with Gasteiger partial charge in [0, 0.05) is 16.3 Å². The van der Waals surface area contributed by atoms with Crippen LogP contribution >= 0.6 is 23.2 Å². The van der Waals surface area contributed by atoms with Crippen molar-refractivity contribution in [1.82, 2.24) is 0 Å². The van der Waals surface area contributed by atoms with Crippen molar-refractivity contribution in [2.24, 2.45) is 0 Å². The summed E-state index contributed by atoms with van der Waals surface area (Å²) in [4.78, 5) is 0. The third-order valence-corrected chi connectivity index (χ3v) is 3.26. The van der Waals surface area contributed by atoms with E-state index < -0.39 is 0 Å². The first-order chi connectivity index (χ1) is 8.58. The molecule has 0 bridgehead atoms. The molecule has 0 aromatic heterocycles. The van der Waals surface area contributed by atoms with Gasteiger partial charge in [0.05, 0.1) is 5.02 Å². The standard InChI is InChI=1S/C14H13Cl2NO/c1-9-5-6-14(12(16)7-9)18-8-10-11(15)3-2-4-13(10)17/h2-7H,8,17H2,1H3. The number of benzene rings is 2. The molecule has 94 valence electrons. The SMILES string of the molecule is Cc1ccc(OCc2c(N)cccc2Cl)c(Cl)c1. The summed E-state index contributed by atoms with van der Waals surface area (Å²) >= 11 is 12.2. The Morgan fingerprint density at radius 2 is 1.89 bits per heavy atom. The highest BCUT2D eigenvalue weighted by atomic mass is 35.5. The Hall–Kier alpha value is -1.38. The molecule has 0 spiro atoms. The van der Waals surface area contributed by atoms with E-state index in [2.05, 4.69) is 0 Å². The first-order valence-corrected chi connectivity index (χ1v) is 6.25. The van der Waals surface area contributed by atoms with Crippen LogP contribution in [0.5, 0.6) is 5.75 Å². The third kappa shape index (κ3) is 2.89. The van der Waals surface area contributed by atoms with Crippen molar-refractivity contribution < 1.29 is 4.74 Å². The molecule has 0 saturated carbocycles. The summed E-state index contributed by atoms with van der Waals surface area (Å²) in [5, 5.41) is 1.18. The molecule has 2 N–H and O–H groups in total. The lowest BCUT2D eigenvalue weighted by Crippen LogP contribution is -2.01. The molecule has 0 fully saturated rings. The van der Waals surface area contributed by atoms with E-state index in [1.165, 1.54) is 0 Å². The molecule has 2 nitrogen and oxygen atoms in total. The fourth-order valence-electron chi connectivity index (χ4n) is 1.60. The minimum absolute atomic E-state index is 0.300. The van der Waals surface area contributed by atoms with E-state index in [-0.39, 0.29) is 0 Å². The molecule has 2 aromatic rings. The molecule has 0 radical (unpaired) electrons. The third-order valence-electron chi connectivity index (χ3n) is 2.61. The van der Waals surface area contributed by atoms with Gasteiger partial charge in [-0.05, 0) is 36.8 Å². The van der Waals surface area contributed by atoms with Gasteiger partial charge in [0.1, 0.15) is 12.4 Å². The second-order valence-corrected chi connectivity index (χ2v) is 4.84. The van der Waals surface area contributed by atoms with Crippen LogP contribution in [0.25, 0.3) is 0 Å². The Morgan fingerprint density at radius 1 is 1.11 bits per heavy atom. The molecule has 0 aliphatic carbocycles. The molecule has 0 saturated heterocycles. The number of hydrogen-bond donors (Lipinski definition) is 1. The van der Waals surface area contributed by atoms with E-state index >= 15 is 0 Å². The van der Waals surface area contributed by atoms with Crippen molar-refractivity contribution in [3.05, 3.63) is 57.6 Å². The maximum Gasteiger partial charge on any atom is 0.138 e. The van der Waals surface area contributed by atoms with Crippen LogP contribution in [0.15, 0.2) is 36.4 Å². The highest BCUT2D eigenvalue weighted by Crippen LogP contribution is 2.28. The van der Waals surface area contributed by atoms with Gasteiger partial charge >= 0.3 is 0 Å². The van der Waals surface area contributed by atoms with E-state index in [0.717, 1.165) is 11.1 Å². The number of hydrogen-bond acceptors (Lipinski definition) is 2. The van der Waals surface area contributed by atoms with Crippen molar-refractivity contribution >= 4 is 28.9 Å². The van der Waals surface area contributed by atoms with Gasteiger partial charge in [-0.2, -0.15) is 0 Å². The van der Waals surface area contributed by atoms with Gasteiger partial charge in [-0.25, -0.2) is 0 Å². The van der Waals surface area contributed by atoms with Crippen molar-refractivity contribution in [1.29, 1.82) is 0 Å². The van der Waals surface area contributed by atoms with Gasteiger partial charge in [-0.15, -0.1) is 0 Å². The fourth-order valence-corrected chi connectivity index (χ4v) is 2.13. The topological polar surface area (TPSA) is 35.2 Å². The molecule has 0 unspecified atom stereocenters. The van der Waals surface area contributed by atoms with E-state index in [1.54, 1.807) is 18.2 Å². The molecule has 2 aromatic carbocycles. The van der Waals surface area contributed by atoms with Crippen molar-refractivity contribution in [3.8, 4) is 5.75 Å². The normalized spacial score (nSPS) is 10.4. The highest BCUT2D eigenvalue weighted by molar-refractivity contribution is 6.32. The first-order valence-electron chi connectivity index (χ1n) is 5.50. The number of aryl methyl sites for hydroxylation is 1. The smallest absolute Gasteiger partial charge is 0.138 e. The van der Waals surface area contributed by atoms with E-state index in [0.29, 0.717) is 28.1 Å². The number of anilines is 1. The van der Waals surface area contributed by atoms with Gasteiger partial charge in [0.15, 0.2) is 0 Å². The van der Waals surface area contributed by atoms with Crippen LogP contribution < -0.4 is 10.5 Å². The Kier molecular flexibility index (Phi) is 4.00. The zero-order chi connectivity index (χ0) is 13.1. The Labute approximate surface area is 116 Å². The van der Waals surface area contributed by atoms with Crippen LogP contribution in [0.2, 0.25) is 10.0 Å². The summed E-state index contributed by atoms with van der Waals surface area (Å²) in [7, 11) is 0. The number of halogens is 2. The van der Waals surface area contributed by atoms with E-state index in [4.69, 9.17) is 33.7 Å². The first kappa shape index (κ1) is 13.1. The Balaban J connectivity index is 2.16. The van der Waals surface area contributed by atoms with Crippen LogP contribution in [0.4, 0.5) is 5.69 Å². The lowest BCUT2D eigenvalue weighted by molar-refractivity contribution is 0.307. The average Bonchev–Trinajstić information content (AvgIpc) is 2.31. The predicted octanol–water partition coefficient (Wildman–Crippen LogP) is 4.46. The number of rotatable bonds is 3. The number of ether oxygens (including phenoxy) is 1. The number of nitrogen functional groups attached to an aromatic ring is 1. The fraction of sp³-hybridized carbons (Fsp3) is 0.143. The monoisotopic (exact) mass is 281 g/mol. The van der Waals surface area contributed by atoms with Crippen molar-refractivity contribution in [2.45, 2.75) is 13.5 Å². The molecule has 2 rings (SSSR count). The van der Waals surface area contributed by atoms with Crippen LogP contribution in [0.3, 0.4) is 0 Å². The van der Waals surface area contributed by atoms with Gasteiger partial charge < -0.3 is 10.5 Å². The van der Waals surface area contributed by atoms with Gasteiger partial charge in [-0.3, -0.25) is 0 Å². The average molecular weight is 282 g/mol. The molecule has 0 aliphatic heterocycles. The zero-order valence-corrected chi connectivity index (χ0v) is 11.4. The Morgan fingerprint density at radius 3 is 2.56 bits per heavy atom. The molecule has 0 heterocycles. The van der Waals surface area contributed by atoms with Crippen LogP contribution in [0, 0.1) is 6.92 Å². The molecule has 0 amide bonds. The summed E-state index contributed by atoms with van der Waals surface area (Å²) in [5.74, 6) is 0.626. The van der Waals surface area contributed by atoms with Gasteiger partial charge in [0.25, 0.3) is 0 Å². The minimum atomic E-state index is 0.300. The van der Waals surface area contributed by atoms with Crippen LogP contribution in [0.1, 0.15) is 11.1 Å². The molecular weight excluding hydrogens is 269 g/mol. The molecule has 18 heavy (non-hydrogen) atoms. The van der Waals surface area contributed by atoms with Gasteiger partial charge in [0.2, 0.25) is 0 Å². The molecule has 4 heteroatoms. The second kappa shape index (κ2) is 5.51. The van der Waals surface area contributed by atoms with Crippen LogP contribution in [-0.2, 0) is 6.61 Å². The maximum atomic E-state index is 6.09. The lowest BCUT2D eigenvalue weighted by Gasteiger charge is -2.11. The zero-order valence-electron chi connectivity index (χ0n) is 9.91. The Bertz CT molecular complexity index is 549. The summed E-state index contributed by atoms with van der Waals surface area (Å²) in [6.45, 7) is 2.27. The van der Waals surface area contributed by atoms with Gasteiger partial charge in [-0.1, -0.05) is 35.3 Å². The second-order valence-electron chi connectivity index (χ2n) is 4.03. The van der Waals surface area contributed by atoms with Crippen molar-refractivity contribution in [2.75, 3.05) is 5.73 Å². The summed E-state index contributed by atoms with van der Waals surface area (Å²) in [6.07, 6.45) is 0. The number of nitrogens with two attached hydrogens (primary N) is 1. The quantitative estimate of drug-likeness (QED) is 0.843. The maximum absolute atomic E-state index is 6.09. The minimum Gasteiger partial charge on any atom is -0.487 e. The summed E-state index contributed by atoms with van der Waals surface area (Å²) in [6, 6.07) is 11.0. The summed E-state index contributed by atoms with van der Waals surface area (Å²) in [5.41, 5.74) is 8.33. The lowest BCUT2D eigenvalue weighted by atomic mass is 10.2. The van der Waals surface area contributed by atoms with E-state index in [1.807, 2.05) is 25.1 Å². The van der Waals surface area contributed by atoms with E-state index in [9.17, 15) is 0 Å². The molecule has 0 aliphatic rings.